The lowest BCUT2D eigenvalue weighted by Crippen LogP contribution is -2.44. The van der Waals surface area contributed by atoms with E-state index in [0.717, 1.165) is 6.92 Å². The molecule has 0 aliphatic rings. The molecule has 0 rings (SSSR count). The molecule has 19 heavy (non-hydrogen) atoms. The van der Waals surface area contributed by atoms with Gasteiger partial charge < -0.3 is 34.8 Å². The van der Waals surface area contributed by atoms with Gasteiger partial charge in [-0.3, -0.25) is 4.52 Å². The van der Waals surface area contributed by atoms with E-state index in [1.807, 2.05) is 0 Å². The molecule has 0 saturated carbocycles. The highest BCUT2D eigenvalue weighted by Gasteiger charge is 2.38. The Balaban J connectivity index is 4.68. The van der Waals surface area contributed by atoms with Gasteiger partial charge in [0.1, 0.15) is 18.3 Å². The van der Waals surface area contributed by atoms with E-state index in [4.69, 9.17) is 19.8 Å². The molecule has 0 radical (unpaired) electrons. The van der Waals surface area contributed by atoms with Crippen molar-refractivity contribution in [2.24, 2.45) is 0 Å². The second kappa shape index (κ2) is 7.00. The Labute approximate surface area is 107 Å². The zero-order valence-corrected chi connectivity index (χ0v) is 11.3. The maximum absolute atomic E-state index is 11.1. The topological polar surface area (TPSA) is 191 Å². The van der Waals surface area contributed by atoms with Gasteiger partial charge in [0.25, 0.3) is 0 Å². The van der Waals surface area contributed by atoms with Crippen molar-refractivity contribution in [2.45, 2.75) is 31.3 Å². The summed E-state index contributed by atoms with van der Waals surface area (Å²) in [5, 5.41) is 27.5. The molecule has 0 aromatic carbocycles. The van der Waals surface area contributed by atoms with Crippen LogP contribution in [0.5, 0.6) is 0 Å². The van der Waals surface area contributed by atoms with Gasteiger partial charge in [0.2, 0.25) is 0 Å². The van der Waals surface area contributed by atoms with Crippen LogP contribution in [0.4, 0.5) is 0 Å². The number of rotatable bonds is 8. The zero-order chi connectivity index (χ0) is 15.4. The Morgan fingerprint density at radius 3 is 1.89 bits per heavy atom. The third-order valence-electron chi connectivity index (χ3n) is 1.83. The van der Waals surface area contributed by atoms with Crippen LogP contribution in [0.1, 0.15) is 6.92 Å². The van der Waals surface area contributed by atoms with Crippen LogP contribution in [0, 0.1) is 0 Å². The standard InChI is InChI=1S/C6H14O11P2/c1-3(5(9)6(10)4(8)2-7)16-19(14,15)17-18(11,12)13/h2-6,8-10H,1H3,(H,14,15)(H2,11,12,13)/t3-,4+,5-,6-/m1/s1. The Morgan fingerprint density at radius 2 is 1.53 bits per heavy atom. The molecule has 0 amide bonds. The largest absolute Gasteiger partial charge is 0.481 e. The Morgan fingerprint density at radius 1 is 1.05 bits per heavy atom. The molecule has 0 bridgehead atoms. The van der Waals surface area contributed by atoms with Gasteiger partial charge in [-0.15, -0.1) is 0 Å². The highest BCUT2D eigenvalue weighted by Crippen LogP contribution is 2.58. The van der Waals surface area contributed by atoms with Crippen molar-refractivity contribution in [3.63, 3.8) is 0 Å². The molecular weight excluding hydrogens is 310 g/mol. The molecule has 5 atom stereocenters. The number of hydrogen-bond acceptors (Lipinski definition) is 8. The summed E-state index contributed by atoms with van der Waals surface area (Å²) in [5.74, 6) is 0. The second-order valence-corrected chi connectivity index (χ2v) is 6.24. The van der Waals surface area contributed by atoms with E-state index in [0.29, 0.717) is 0 Å². The third-order valence-corrected chi connectivity index (χ3v) is 4.10. The fourth-order valence-corrected chi connectivity index (χ4v) is 2.76. The van der Waals surface area contributed by atoms with Crippen molar-refractivity contribution in [2.75, 3.05) is 0 Å². The van der Waals surface area contributed by atoms with Crippen LogP contribution in [0.15, 0.2) is 0 Å². The fraction of sp³-hybridized carbons (Fsp3) is 0.833. The molecule has 0 aromatic rings. The first kappa shape index (κ1) is 18.8. The van der Waals surface area contributed by atoms with Crippen molar-refractivity contribution in [3.8, 4) is 0 Å². The van der Waals surface area contributed by atoms with Gasteiger partial charge in [-0.25, -0.2) is 9.13 Å². The quantitative estimate of drug-likeness (QED) is 0.211. The molecule has 114 valence electrons. The molecule has 0 fully saturated rings. The van der Waals surface area contributed by atoms with E-state index < -0.39 is 40.1 Å². The van der Waals surface area contributed by atoms with Gasteiger partial charge in [0, 0.05) is 0 Å². The van der Waals surface area contributed by atoms with Gasteiger partial charge >= 0.3 is 15.6 Å². The highest BCUT2D eigenvalue weighted by molar-refractivity contribution is 7.60. The van der Waals surface area contributed by atoms with Crippen LogP contribution in [0.25, 0.3) is 0 Å². The molecule has 0 aromatic heterocycles. The predicted octanol–water partition coefficient (Wildman–Crippen LogP) is -2.12. The van der Waals surface area contributed by atoms with Crippen molar-refractivity contribution in [1.29, 1.82) is 0 Å². The Hall–Kier alpha value is -0.190. The maximum Gasteiger partial charge on any atom is 0.481 e. The molecule has 0 aliphatic heterocycles. The summed E-state index contributed by atoms with van der Waals surface area (Å²) in [4.78, 5) is 35.7. The minimum atomic E-state index is -5.31. The summed E-state index contributed by atoms with van der Waals surface area (Å²) in [5.41, 5.74) is 0. The number of hydrogen-bond donors (Lipinski definition) is 6. The first-order valence-corrected chi connectivity index (χ1v) is 7.70. The van der Waals surface area contributed by atoms with Crippen LogP contribution < -0.4 is 0 Å². The molecule has 13 heteroatoms. The van der Waals surface area contributed by atoms with E-state index in [-0.39, 0.29) is 6.29 Å². The smallest absolute Gasteiger partial charge is 0.388 e. The SMILES string of the molecule is C[C@@H](OP(=O)(O)OP(=O)(O)O)[C@@H](O)[C@H](O)[C@@H](O)C=O. The Bertz CT molecular complexity index is 391. The minimum absolute atomic E-state index is 0.0920. The van der Waals surface area contributed by atoms with Gasteiger partial charge in [-0.05, 0) is 6.92 Å². The molecule has 0 saturated heterocycles. The van der Waals surface area contributed by atoms with E-state index >= 15 is 0 Å². The van der Waals surface area contributed by atoms with Crippen LogP contribution >= 0.6 is 15.6 Å². The van der Waals surface area contributed by atoms with Crippen molar-refractivity contribution >= 4 is 21.9 Å². The van der Waals surface area contributed by atoms with Crippen molar-refractivity contribution in [3.05, 3.63) is 0 Å². The van der Waals surface area contributed by atoms with Gasteiger partial charge in [0.05, 0.1) is 6.10 Å². The molecular formula is C6H14O11P2. The normalized spacial score (nSPS) is 22.1. The minimum Gasteiger partial charge on any atom is -0.388 e. The first-order chi connectivity index (χ1) is 8.39. The monoisotopic (exact) mass is 324 g/mol. The molecule has 6 N–H and O–H groups in total. The molecule has 0 aliphatic carbocycles. The summed E-state index contributed by atoms with van der Waals surface area (Å²) in [6, 6.07) is 0. The van der Waals surface area contributed by atoms with E-state index in [1.165, 1.54) is 0 Å². The van der Waals surface area contributed by atoms with Crippen molar-refractivity contribution in [1.82, 2.24) is 0 Å². The molecule has 1 unspecified atom stereocenters. The summed E-state index contributed by atoms with van der Waals surface area (Å²) in [6.45, 7) is 0.942. The number of aldehydes is 1. The molecule has 0 spiro atoms. The summed E-state index contributed by atoms with van der Waals surface area (Å²) in [6.07, 6.45) is -7.75. The Kier molecular flexibility index (Phi) is 6.93. The van der Waals surface area contributed by atoms with Gasteiger partial charge in [-0.1, -0.05) is 0 Å². The van der Waals surface area contributed by atoms with Gasteiger partial charge in [-0.2, -0.15) is 4.31 Å². The fourth-order valence-electron chi connectivity index (χ4n) is 0.986. The van der Waals surface area contributed by atoms with E-state index in [2.05, 4.69) is 8.83 Å². The third kappa shape index (κ3) is 7.23. The zero-order valence-electron chi connectivity index (χ0n) is 9.51. The lowest BCUT2D eigenvalue weighted by molar-refractivity contribution is -0.131. The molecule has 0 heterocycles. The summed E-state index contributed by atoms with van der Waals surface area (Å²) in [7, 11) is -10.5. The highest BCUT2D eigenvalue weighted by atomic mass is 31.3. The molecule has 11 nitrogen and oxygen atoms in total. The van der Waals surface area contributed by atoms with E-state index in [9.17, 15) is 24.1 Å². The number of aliphatic hydroxyl groups excluding tert-OH is 3. The number of aliphatic hydroxyl groups is 3. The van der Waals surface area contributed by atoms with Crippen LogP contribution in [0.2, 0.25) is 0 Å². The first-order valence-electron chi connectivity index (χ1n) is 4.67. The average molecular weight is 324 g/mol. The number of phosphoric ester groups is 1. The van der Waals surface area contributed by atoms with Crippen molar-refractivity contribution < 1.29 is 52.8 Å². The second-order valence-electron chi connectivity index (χ2n) is 3.46. The lowest BCUT2D eigenvalue weighted by Gasteiger charge is -2.26. The maximum atomic E-state index is 11.1. The van der Waals surface area contributed by atoms with E-state index in [1.54, 1.807) is 0 Å². The van der Waals surface area contributed by atoms with Crippen LogP contribution in [-0.2, 0) is 22.8 Å². The predicted molar refractivity (Wildman–Crippen MR) is 57.6 cm³/mol. The number of carbonyl (C=O) groups is 1. The summed E-state index contributed by atoms with van der Waals surface area (Å²) < 4.78 is 29.0. The average Bonchev–Trinajstić information content (AvgIpc) is 2.21. The van der Waals surface area contributed by atoms with Crippen LogP contribution in [-0.4, -0.2) is 60.7 Å². The summed E-state index contributed by atoms with van der Waals surface area (Å²) >= 11 is 0. The lowest BCUT2D eigenvalue weighted by atomic mass is 10.1. The number of phosphoric acid groups is 2. The van der Waals surface area contributed by atoms with Crippen LogP contribution in [0.3, 0.4) is 0 Å². The van der Waals surface area contributed by atoms with Gasteiger partial charge in [0.15, 0.2) is 6.29 Å². The number of carbonyl (C=O) groups excluding carboxylic acids is 1.